The number of hydrogen-bond acceptors (Lipinski definition) is 6. The van der Waals surface area contributed by atoms with E-state index in [0.29, 0.717) is 36.8 Å². The summed E-state index contributed by atoms with van der Waals surface area (Å²) in [5, 5.41) is 8.81. The smallest absolute Gasteiger partial charge is 0.251 e. The maximum atomic E-state index is 12.5. The van der Waals surface area contributed by atoms with E-state index < -0.39 is 0 Å². The van der Waals surface area contributed by atoms with Crippen LogP contribution in [0.5, 0.6) is 11.5 Å². The van der Waals surface area contributed by atoms with Gasteiger partial charge in [-0.2, -0.15) is 0 Å². The largest absolute Gasteiger partial charge is 0.490 e. The summed E-state index contributed by atoms with van der Waals surface area (Å²) in [5.74, 6) is 1.06. The van der Waals surface area contributed by atoms with Crippen molar-refractivity contribution in [1.82, 2.24) is 5.32 Å². The van der Waals surface area contributed by atoms with E-state index in [1.807, 2.05) is 54.6 Å². The van der Waals surface area contributed by atoms with Crippen LogP contribution < -0.4 is 25.4 Å². The Hall–Kier alpha value is -4.04. The van der Waals surface area contributed by atoms with Crippen molar-refractivity contribution in [2.75, 3.05) is 43.5 Å². The van der Waals surface area contributed by atoms with Crippen molar-refractivity contribution in [3.8, 4) is 11.5 Å². The zero-order valence-electron chi connectivity index (χ0n) is 20.1. The van der Waals surface area contributed by atoms with Gasteiger partial charge in [-0.1, -0.05) is 30.3 Å². The van der Waals surface area contributed by atoms with E-state index in [1.165, 1.54) is 0 Å². The maximum Gasteiger partial charge on any atom is 0.251 e. The van der Waals surface area contributed by atoms with Crippen molar-refractivity contribution in [3.05, 3.63) is 84.4 Å². The third kappa shape index (κ3) is 8.02. The molecule has 2 amide bonds. The van der Waals surface area contributed by atoms with Crippen molar-refractivity contribution in [1.29, 1.82) is 0 Å². The van der Waals surface area contributed by atoms with Gasteiger partial charge in [0.15, 0.2) is 0 Å². The van der Waals surface area contributed by atoms with Crippen LogP contribution in [0.25, 0.3) is 0 Å². The van der Waals surface area contributed by atoms with Gasteiger partial charge in [-0.3, -0.25) is 9.59 Å². The fraction of sp³-hybridized carbons (Fsp3) is 0.286. The minimum absolute atomic E-state index is 0.0655. The summed E-state index contributed by atoms with van der Waals surface area (Å²) in [6, 6.07) is 23.8. The van der Waals surface area contributed by atoms with E-state index in [1.54, 1.807) is 24.3 Å². The lowest BCUT2D eigenvalue weighted by Crippen LogP contribution is -2.31. The highest BCUT2D eigenvalue weighted by Crippen LogP contribution is 2.18. The molecule has 0 spiro atoms. The second-order valence-electron chi connectivity index (χ2n) is 8.37. The van der Waals surface area contributed by atoms with Crippen LogP contribution in [0.3, 0.4) is 0 Å². The van der Waals surface area contributed by atoms with E-state index in [2.05, 4.69) is 16.0 Å². The molecule has 1 aliphatic rings. The number of anilines is 2. The molecule has 0 radical (unpaired) electrons. The lowest BCUT2D eigenvalue weighted by Gasteiger charge is -2.12. The van der Waals surface area contributed by atoms with Gasteiger partial charge in [0.2, 0.25) is 5.91 Å². The number of nitrogens with one attached hydrogen (secondary N) is 3. The first-order valence-corrected chi connectivity index (χ1v) is 12.1. The molecule has 0 bridgehead atoms. The number of rotatable bonds is 12. The number of ether oxygens (including phenoxy) is 3. The molecule has 1 unspecified atom stereocenters. The molecule has 4 rings (SSSR count). The molecule has 0 aromatic heterocycles. The molecule has 36 heavy (non-hydrogen) atoms. The molecule has 3 aromatic carbocycles. The van der Waals surface area contributed by atoms with Gasteiger partial charge < -0.3 is 30.2 Å². The Balaban J connectivity index is 1.19. The number of carbonyl (C=O) groups is 2. The molecular weight excluding hydrogens is 458 g/mol. The van der Waals surface area contributed by atoms with E-state index in [9.17, 15) is 9.59 Å². The van der Waals surface area contributed by atoms with Crippen LogP contribution in [0.2, 0.25) is 0 Å². The van der Waals surface area contributed by atoms with Crippen LogP contribution in [-0.4, -0.2) is 50.8 Å². The van der Waals surface area contributed by atoms with E-state index in [0.717, 1.165) is 30.9 Å². The average molecular weight is 490 g/mol. The lowest BCUT2D eigenvalue weighted by molar-refractivity contribution is -0.114. The van der Waals surface area contributed by atoms with Gasteiger partial charge >= 0.3 is 0 Å². The summed E-state index contributed by atoms with van der Waals surface area (Å²) in [6.45, 7) is 2.13. The predicted molar refractivity (Wildman–Crippen MR) is 139 cm³/mol. The zero-order chi connectivity index (χ0) is 25.0. The van der Waals surface area contributed by atoms with E-state index >= 15 is 0 Å². The SMILES string of the molecule is O=C(CNc1cccc(OCCOc2ccccc2)c1)Nc1cccc(C(=O)NCC2CCCO2)c1. The van der Waals surface area contributed by atoms with E-state index in [-0.39, 0.29) is 24.5 Å². The minimum Gasteiger partial charge on any atom is -0.490 e. The molecule has 188 valence electrons. The molecule has 3 N–H and O–H groups in total. The second kappa shape index (κ2) is 13.2. The highest BCUT2D eigenvalue weighted by molar-refractivity contribution is 5.98. The summed E-state index contributed by atoms with van der Waals surface area (Å²) in [4.78, 5) is 24.9. The number of amides is 2. The number of para-hydroxylation sites is 1. The van der Waals surface area contributed by atoms with Crippen LogP contribution >= 0.6 is 0 Å². The molecule has 3 aromatic rings. The summed E-state index contributed by atoms with van der Waals surface area (Å²) in [6.07, 6.45) is 2.06. The van der Waals surface area contributed by atoms with Crippen LogP contribution in [0.4, 0.5) is 11.4 Å². The standard InChI is InChI=1S/C28H31N3O5/c32-27(31-23-9-4-7-21(17-23)28(33)30-19-26-13-6-14-34-26)20-29-22-8-5-12-25(18-22)36-16-15-35-24-10-2-1-3-11-24/h1-5,7-12,17-18,26,29H,6,13-16,19-20H2,(H,30,33)(H,31,32). The van der Waals surface area contributed by atoms with Crippen LogP contribution in [0.1, 0.15) is 23.2 Å². The molecule has 1 atom stereocenters. The van der Waals surface area contributed by atoms with Gasteiger partial charge in [0.25, 0.3) is 5.91 Å². The van der Waals surface area contributed by atoms with Gasteiger partial charge in [-0.25, -0.2) is 0 Å². The van der Waals surface area contributed by atoms with Gasteiger partial charge in [0.1, 0.15) is 24.7 Å². The first-order chi connectivity index (χ1) is 17.7. The van der Waals surface area contributed by atoms with Crippen molar-refractivity contribution in [3.63, 3.8) is 0 Å². The predicted octanol–water partition coefficient (Wildman–Crippen LogP) is 4.10. The highest BCUT2D eigenvalue weighted by Gasteiger charge is 2.17. The van der Waals surface area contributed by atoms with Crippen molar-refractivity contribution < 1.29 is 23.8 Å². The summed E-state index contributed by atoms with van der Waals surface area (Å²) in [5.41, 5.74) is 1.80. The number of carbonyl (C=O) groups excluding carboxylic acids is 2. The fourth-order valence-corrected chi connectivity index (χ4v) is 3.77. The molecular formula is C28H31N3O5. The van der Waals surface area contributed by atoms with E-state index in [4.69, 9.17) is 14.2 Å². The molecule has 0 saturated carbocycles. The Bertz CT molecular complexity index is 1130. The molecule has 1 fully saturated rings. The number of benzene rings is 3. The zero-order valence-corrected chi connectivity index (χ0v) is 20.1. The molecule has 8 heteroatoms. The molecule has 0 aliphatic carbocycles. The van der Waals surface area contributed by atoms with Crippen LogP contribution in [-0.2, 0) is 9.53 Å². The molecule has 1 aliphatic heterocycles. The molecule has 1 saturated heterocycles. The Morgan fingerprint density at radius 1 is 0.861 bits per heavy atom. The quantitative estimate of drug-likeness (QED) is 0.332. The Labute approximate surface area is 211 Å². The van der Waals surface area contributed by atoms with Crippen molar-refractivity contribution in [2.45, 2.75) is 18.9 Å². The average Bonchev–Trinajstić information content (AvgIpc) is 3.43. The Kier molecular flexibility index (Phi) is 9.16. The molecule has 8 nitrogen and oxygen atoms in total. The van der Waals surface area contributed by atoms with Gasteiger partial charge in [0.05, 0.1) is 12.6 Å². The maximum absolute atomic E-state index is 12.5. The topological polar surface area (TPSA) is 97.9 Å². The Morgan fingerprint density at radius 2 is 1.61 bits per heavy atom. The fourth-order valence-electron chi connectivity index (χ4n) is 3.77. The Morgan fingerprint density at radius 3 is 2.42 bits per heavy atom. The lowest BCUT2D eigenvalue weighted by atomic mass is 10.1. The summed E-state index contributed by atoms with van der Waals surface area (Å²) < 4.78 is 16.9. The van der Waals surface area contributed by atoms with Gasteiger partial charge in [0, 0.05) is 36.2 Å². The number of hydrogen-bond donors (Lipinski definition) is 3. The molecule has 1 heterocycles. The summed E-state index contributed by atoms with van der Waals surface area (Å²) in [7, 11) is 0. The van der Waals surface area contributed by atoms with Crippen molar-refractivity contribution in [2.24, 2.45) is 0 Å². The summed E-state index contributed by atoms with van der Waals surface area (Å²) >= 11 is 0. The minimum atomic E-state index is -0.227. The first-order valence-electron chi connectivity index (χ1n) is 12.1. The third-order valence-corrected chi connectivity index (χ3v) is 5.57. The first kappa shape index (κ1) is 25.1. The van der Waals surface area contributed by atoms with Crippen LogP contribution in [0.15, 0.2) is 78.9 Å². The van der Waals surface area contributed by atoms with Gasteiger partial charge in [-0.15, -0.1) is 0 Å². The normalized spacial score (nSPS) is 14.6. The monoisotopic (exact) mass is 489 g/mol. The highest BCUT2D eigenvalue weighted by atomic mass is 16.5. The van der Waals surface area contributed by atoms with Gasteiger partial charge in [-0.05, 0) is 55.3 Å². The van der Waals surface area contributed by atoms with Crippen LogP contribution in [0, 0.1) is 0 Å². The van der Waals surface area contributed by atoms with Crippen molar-refractivity contribution >= 4 is 23.2 Å². The third-order valence-electron chi connectivity index (χ3n) is 5.57. The second-order valence-corrected chi connectivity index (χ2v) is 8.37.